The van der Waals surface area contributed by atoms with Gasteiger partial charge in [0, 0.05) is 25.0 Å². The van der Waals surface area contributed by atoms with Gasteiger partial charge in [-0.25, -0.2) is 4.98 Å². The molecular weight excluding hydrogens is 218 g/mol. The quantitative estimate of drug-likeness (QED) is 0.872. The topological polar surface area (TPSA) is 60.1 Å². The largest absolute Gasteiger partial charge is 0.469 e. The van der Waals surface area contributed by atoms with E-state index in [1.165, 1.54) is 6.26 Å². The minimum absolute atomic E-state index is 0.0333. The summed E-state index contributed by atoms with van der Waals surface area (Å²) >= 11 is 0. The van der Waals surface area contributed by atoms with Crippen LogP contribution < -0.4 is 5.32 Å². The summed E-state index contributed by atoms with van der Waals surface area (Å²) in [5.41, 5.74) is 0.586. The van der Waals surface area contributed by atoms with Crippen molar-refractivity contribution in [3.05, 3.63) is 42.4 Å². The number of nitrogens with zero attached hydrogens (tertiary/aromatic N) is 2. The van der Waals surface area contributed by atoms with Crippen molar-refractivity contribution in [2.45, 2.75) is 26.4 Å². The molecule has 1 N–H and O–H groups in total. The number of imidazole rings is 1. The third-order valence-electron chi connectivity index (χ3n) is 2.52. The van der Waals surface area contributed by atoms with Crippen LogP contribution in [0.2, 0.25) is 0 Å². The van der Waals surface area contributed by atoms with Gasteiger partial charge in [-0.3, -0.25) is 4.79 Å². The molecule has 0 spiro atoms. The van der Waals surface area contributed by atoms with Gasteiger partial charge in [0.15, 0.2) is 0 Å². The van der Waals surface area contributed by atoms with Gasteiger partial charge in [-0.05, 0) is 19.9 Å². The standard InChI is InChI=1S/C12H15N3O2/c1-9(7-15-5-4-13-8-15)14-12(16)11-3-6-17-10(11)2/h3-6,8-9H,7H2,1-2H3,(H,14,16)/t9-/m1/s1. The number of carbonyl (C=O) groups excluding carboxylic acids is 1. The highest BCUT2D eigenvalue weighted by atomic mass is 16.3. The molecule has 0 saturated heterocycles. The molecule has 0 fully saturated rings. The maximum Gasteiger partial charge on any atom is 0.255 e. The highest BCUT2D eigenvalue weighted by Crippen LogP contribution is 2.08. The first-order valence-electron chi connectivity index (χ1n) is 5.47. The minimum atomic E-state index is -0.108. The van der Waals surface area contributed by atoms with Crippen LogP contribution in [0.15, 0.2) is 35.5 Å². The van der Waals surface area contributed by atoms with Gasteiger partial charge >= 0.3 is 0 Å². The number of aromatic nitrogens is 2. The van der Waals surface area contributed by atoms with E-state index in [4.69, 9.17) is 4.42 Å². The van der Waals surface area contributed by atoms with Crippen LogP contribution in [-0.2, 0) is 6.54 Å². The second-order valence-corrected chi connectivity index (χ2v) is 4.02. The molecule has 5 heteroatoms. The van der Waals surface area contributed by atoms with Crippen LogP contribution in [0, 0.1) is 6.92 Å². The van der Waals surface area contributed by atoms with Gasteiger partial charge in [0.25, 0.3) is 5.91 Å². The van der Waals surface area contributed by atoms with E-state index in [2.05, 4.69) is 10.3 Å². The van der Waals surface area contributed by atoms with E-state index in [-0.39, 0.29) is 11.9 Å². The molecule has 2 heterocycles. The lowest BCUT2D eigenvalue weighted by molar-refractivity contribution is 0.0935. The van der Waals surface area contributed by atoms with Crippen molar-refractivity contribution in [3.8, 4) is 0 Å². The Morgan fingerprint density at radius 2 is 2.47 bits per heavy atom. The highest BCUT2D eigenvalue weighted by Gasteiger charge is 2.13. The van der Waals surface area contributed by atoms with Crippen LogP contribution in [0.1, 0.15) is 23.0 Å². The SMILES string of the molecule is Cc1occc1C(=O)N[C@H](C)Cn1ccnc1. The van der Waals surface area contributed by atoms with Crippen molar-refractivity contribution in [2.24, 2.45) is 0 Å². The van der Waals surface area contributed by atoms with Gasteiger partial charge in [-0.2, -0.15) is 0 Å². The number of nitrogens with one attached hydrogen (secondary N) is 1. The molecule has 0 unspecified atom stereocenters. The van der Waals surface area contributed by atoms with E-state index < -0.39 is 0 Å². The highest BCUT2D eigenvalue weighted by molar-refractivity contribution is 5.95. The smallest absolute Gasteiger partial charge is 0.255 e. The maximum absolute atomic E-state index is 11.9. The number of carbonyl (C=O) groups is 1. The minimum Gasteiger partial charge on any atom is -0.469 e. The fourth-order valence-electron chi connectivity index (χ4n) is 1.68. The molecular formula is C12H15N3O2. The number of amides is 1. The first-order chi connectivity index (χ1) is 8.16. The Balaban J connectivity index is 1.93. The Hall–Kier alpha value is -2.04. The molecule has 90 valence electrons. The van der Waals surface area contributed by atoms with Crippen molar-refractivity contribution >= 4 is 5.91 Å². The second-order valence-electron chi connectivity index (χ2n) is 4.02. The van der Waals surface area contributed by atoms with Gasteiger partial charge in [-0.15, -0.1) is 0 Å². The molecule has 5 nitrogen and oxygen atoms in total. The fourth-order valence-corrected chi connectivity index (χ4v) is 1.68. The summed E-state index contributed by atoms with van der Waals surface area (Å²) in [6, 6.07) is 1.71. The number of furan rings is 1. The third kappa shape index (κ3) is 2.75. The number of aryl methyl sites for hydroxylation is 1. The lowest BCUT2D eigenvalue weighted by Crippen LogP contribution is -2.35. The predicted octanol–water partition coefficient (Wildman–Crippen LogP) is 1.60. The van der Waals surface area contributed by atoms with Crippen LogP contribution in [0.5, 0.6) is 0 Å². The zero-order valence-electron chi connectivity index (χ0n) is 9.88. The molecule has 0 aliphatic rings. The van der Waals surface area contributed by atoms with Crippen LogP contribution in [-0.4, -0.2) is 21.5 Å². The Kier molecular flexibility index (Phi) is 3.27. The van der Waals surface area contributed by atoms with Crippen molar-refractivity contribution < 1.29 is 9.21 Å². The zero-order chi connectivity index (χ0) is 12.3. The van der Waals surface area contributed by atoms with E-state index in [0.29, 0.717) is 17.9 Å². The molecule has 0 bridgehead atoms. The molecule has 17 heavy (non-hydrogen) atoms. The van der Waals surface area contributed by atoms with Crippen molar-refractivity contribution in [2.75, 3.05) is 0 Å². The average molecular weight is 233 g/mol. The third-order valence-corrected chi connectivity index (χ3v) is 2.52. The molecule has 0 radical (unpaired) electrons. The summed E-state index contributed by atoms with van der Waals surface area (Å²) in [7, 11) is 0. The summed E-state index contributed by atoms with van der Waals surface area (Å²) < 4.78 is 7.02. The zero-order valence-corrected chi connectivity index (χ0v) is 9.88. The van der Waals surface area contributed by atoms with Crippen LogP contribution in [0.4, 0.5) is 0 Å². The molecule has 2 rings (SSSR count). The van der Waals surface area contributed by atoms with E-state index >= 15 is 0 Å². The Morgan fingerprint density at radius 3 is 3.06 bits per heavy atom. The van der Waals surface area contributed by atoms with Crippen molar-refractivity contribution in [1.29, 1.82) is 0 Å². The lowest BCUT2D eigenvalue weighted by atomic mass is 10.2. The lowest BCUT2D eigenvalue weighted by Gasteiger charge is -2.13. The summed E-state index contributed by atoms with van der Waals surface area (Å²) in [6.07, 6.45) is 6.83. The van der Waals surface area contributed by atoms with Crippen molar-refractivity contribution in [1.82, 2.24) is 14.9 Å². The first-order valence-corrected chi connectivity index (χ1v) is 5.47. The molecule has 0 saturated carbocycles. The van der Waals surface area contributed by atoms with E-state index in [1.807, 2.05) is 17.7 Å². The first kappa shape index (κ1) is 11.4. The molecule has 1 amide bonds. The van der Waals surface area contributed by atoms with E-state index in [1.54, 1.807) is 25.5 Å². The fraction of sp³-hybridized carbons (Fsp3) is 0.333. The molecule has 0 aromatic carbocycles. The summed E-state index contributed by atoms with van der Waals surface area (Å²) in [6.45, 7) is 4.42. The monoisotopic (exact) mass is 233 g/mol. The normalized spacial score (nSPS) is 12.4. The molecule has 1 atom stereocenters. The van der Waals surface area contributed by atoms with Gasteiger partial charge in [0.1, 0.15) is 5.76 Å². The van der Waals surface area contributed by atoms with Crippen LogP contribution in [0.3, 0.4) is 0 Å². The number of rotatable bonds is 4. The Morgan fingerprint density at radius 1 is 1.65 bits per heavy atom. The molecule has 0 aliphatic heterocycles. The second kappa shape index (κ2) is 4.86. The van der Waals surface area contributed by atoms with Crippen LogP contribution >= 0.6 is 0 Å². The van der Waals surface area contributed by atoms with Crippen molar-refractivity contribution in [3.63, 3.8) is 0 Å². The average Bonchev–Trinajstić information content (AvgIpc) is 2.88. The number of hydrogen-bond donors (Lipinski definition) is 1. The Bertz CT molecular complexity index is 488. The van der Waals surface area contributed by atoms with E-state index in [9.17, 15) is 4.79 Å². The summed E-state index contributed by atoms with van der Waals surface area (Å²) in [5.74, 6) is 0.529. The maximum atomic E-state index is 11.9. The van der Waals surface area contributed by atoms with Gasteiger partial charge < -0.3 is 14.3 Å². The Labute approximate surface area is 99.5 Å². The molecule has 2 aromatic heterocycles. The van der Waals surface area contributed by atoms with Gasteiger partial charge in [0.05, 0.1) is 18.2 Å². The van der Waals surface area contributed by atoms with Gasteiger partial charge in [-0.1, -0.05) is 0 Å². The van der Waals surface area contributed by atoms with E-state index in [0.717, 1.165) is 0 Å². The number of hydrogen-bond acceptors (Lipinski definition) is 3. The van der Waals surface area contributed by atoms with Crippen LogP contribution in [0.25, 0.3) is 0 Å². The summed E-state index contributed by atoms with van der Waals surface area (Å²) in [4.78, 5) is 15.8. The predicted molar refractivity (Wildman–Crippen MR) is 62.6 cm³/mol. The van der Waals surface area contributed by atoms with Gasteiger partial charge in [0.2, 0.25) is 0 Å². The molecule has 2 aromatic rings. The molecule has 0 aliphatic carbocycles. The summed E-state index contributed by atoms with van der Waals surface area (Å²) in [5, 5.41) is 2.91.